The molecule has 116 valence electrons. The molecule has 4 heteroatoms. The summed E-state index contributed by atoms with van der Waals surface area (Å²) < 4.78 is 10.6. The van der Waals surface area contributed by atoms with Crippen molar-refractivity contribution in [2.45, 2.75) is 32.4 Å². The van der Waals surface area contributed by atoms with Crippen LogP contribution >= 0.6 is 0 Å². The molecule has 0 aliphatic rings. The molecule has 1 aromatic carbocycles. The lowest BCUT2D eigenvalue weighted by molar-refractivity contribution is -0.143. The van der Waals surface area contributed by atoms with Gasteiger partial charge in [0.25, 0.3) is 5.91 Å². The second kappa shape index (κ2) is 8.47. The highest BCUT2D eigenvalue weighted by Crippen LogP contribution is 2.22. The Labute approximate surface area is 127 Å². The fourth-order valence-electron chi connectivity index (χ4n) is 1.98. The SMILES string of the molecule is C=CCCOC(C)C(=O)N(C)C(C)c1ccc(OC)cc1. The van der Waals surface area contributed by atoms with E-state index in [9.17, 15) is 4.79 Å². The zero-order chi connectivity index (χ0) is 15.8. The van der Waals surface area contributed by atoms with Crippen LogP contribution in [0.15, 0.2) is 36.9 Å². The van der Waals surface area contributed by atoms with Crippen molar-refractivity contribution in [3.8, 4) is 5.75 Å². The number of hydrogen-bond donors (Lipinski definition) is 0. The fraction of sp³-hybridized carbons (Fsp3) is 0.471. The standard InChI is InChI=1S/C17H25NO3/c1-6-7-12-21-14(3)17(19)18(4)13(2)15-8-10-16(20-5)11-9-15/h6,8-11,13-14H,1,7,12H2,2-5H3. The number of amides is 1. The maximum absolute atomic E-state index is 12.3. The number of carbonyl (C=O) groups is 1. The molecule has 4 nitrogen and oxygen atoms in total. The molecule has 0 radical (unpaired) electrons. The van der Waals surface area contributed by atoms with E-state index in [4.69, 9.17) is 9.47 Å². The van der Waals surface area contributed by atoms with Gasteiger partial charge in [-0.1, -0.05) is 18.2 Å². The summed E-state index contributed by atoms with van der Waals surface area (Å²) in [5.41, 5.74) is 1.06. The van der Waals surface area contributed by atoms with Crippen molar-refractivity contribution in [1.29, 1.82) is 0 Å². The van der Waals surface area contributed by atoms with E-state index in [0.29, 0.717) is 6.61 Å². The maximum Gasteiger partial charge on any atom is 0.251 e. The highest BCUT2D eigenvalue weighted by Gasteiger charge is 2.22. The predicted molar refractivity (Wildman–Crippen MR) is 84.4 cm³/mol. The molecule has 0 aliphatic carbocycles. The number of ether oxygens (including phenoxy) is 2. The molecule has 0 spiro atoms. The molecule has 0 saturated heterocycles. The third-order valence-corrected chi connectivity index (χ3v) is 3.56. The van der Waals surface area contributed by atoms with Gasteiger partial charge in [-0.25, -0.2) is 0 Å². The average molecular weight is 291 g/mol. The van der Waals surface area contributed by atoms with Crippen LogP contribution in [0.5, 0.6) is 5.75 Å². The molecule has 2 atom stereocenters. The van der Waals surface area contributed by atoms with Gasteiger partial charge in [0.15, 0.2) is 0 Å². The Morgan fingerprint density at radius 3 is 2.48 bits per heavy atom. The number of benzene rings is 1. The van der Waals surface area contributed by atoms with E-state index in [1.807, 2.05) is 31.2 Å². The fourth-order valence-corrected chi connectivity index (χ4v) is 1.98. The Bertz CT molecular complexity index is 456. The highest BCUT2D eigenvalue weighted by molar-refractivity contribution is 5.80. The Morgan fingerprint density at radius 2 is 1.95 bits per heavy atom. The van der Waals surface area contributed by atoms with E-state index in [1.54, 1.807) is 32.1 Å². The van der Waals surface area contributed by atoms with Gasteiger partial charge < -0.3 is 14.4 Å². The number of nitrogens with zero attached hydrogens (tertiary/aromatic N) is 1. The summed E-state index contributed by atoms with van der Waals surface area (Å²) in [7, 11) is 3.43. The van der Waals surface area contributed by atoms with E-state index in [0.717, 1.165) is 17.7 Å². The monoisotopic (exact) mass is 291 g/mol. The van der Waals surface area contributed by atoms with Gasteiger partial charge in [0, 0.05) is 7.05 Å². The quantitative estimate of drug-likeness (QED) is 0.545. The molecule has 0 aliphatic heterocycles. The van der Waals surface area contributed by atoms with Crippen molar-refractivity contribution in [1.82, 2.24) is 4.90 Å². The van der Waals surface area contributed by atoms with E-state index >= 15 is 0 Å². The molecule has 1 aromatic rings. The molecule has 0 aromatic heterocycles. The topological polar surface area (TPSA) is 38.8 Å². The van der Waals surface area contributed by atoms with Crippen LogP contribution in [0.2, 0.25) is 0 Å². The first-order valence-corrected chi connectivity index (χ1v) is 7.14. The lowest BCUT2D eigenvalue weighted by Crippen LogP contribution is -2.38. The first kappa shape index (κ1) is 17.2. The van der Waals surface area contributed by atoms with Crippen molar-refractivity contribution < 1.29 is 14.3 Å². The molecule has 1 amide bonds. The van der Waals surface area contributed by atoms with Gasteiger partial charge in [0.05, 0.1) is 19.8 Å². The third kappa shape index (κ3) is 4.90. The van der Waals surface area contributed by atoms with Gasteiger partial charge >= 0.3 is 0 Å². The zero-order valence-electron chi connectivity index (χ0n) is 13.3. The Kier molecular flexibility index (Phi) is 6.96. The normalized spacial score (nSPS) is 13.3. The number of carbonyl (C=O) groups excluding carboxylic acids is 1. The van der Waals surface area contributed by atoms with Gasteiger partial charge in [-0.15, -0.1) is 6.58 Å². The summed E-state index contributed by atoms with van der Waals surface area (Å²) in [5, 5.41) is 0. The summed E-state index contributed by atoms with van der Waals surface area (Å²) in [6.45, 7) is 7.93. The molecule has 0 bridgehead atoms. The summed E-state index contributed by atoms with van der Waals surface area (Å²) in [5.74, 6) is 0.781. The van der Waals surface area contributed by atoms with Crippen LogP contribution in [0.1, 0.15) is 31.9 Å². The van der Waals surface area contributed by atoms with Gasteiger partial charge in [-0.05, 0) is 38.0 Å². The lowest BCUT2D eigenvalue weighted by atomic mass is 10.1. The molecular weight excluding hydrogens is 266 g/mol. The molecule has 0 fully saturated rings. The van der Waals surface area contributed by atoms with Gasteiger partial charge in [0.2, 0.25) is 0 Å². The van der Waals surface area contributed by atoms with Crippen LogP contribution in [0.4, 0.5) is 0 Å². The smallest absolute Gasteiger partial charge is 0.251 e. The minimum Gasteiger partial charge on any atom is -0.497 e. The van der Waals surface area contributed by atoms with Crippen molar-refractivity contribution in [2.75, 3.05) is 20.8 Å². The van der Waals surface area contributed by atoms with Crippen LogP contribution < -0.4 is 4.74 Å². The van der Waals surface area contributed by atoms with Crippen molar-refractivity contribution in [2.24, 2.45) is 0 Å². The van der Waals surface area contributed by atoms with Crippen LogP contribution in [0.3, 0.4) is 0 Å². The van der Waals surface area contributed by atoms with Crippen LogP contribution in [-0.2, 0) is 9.53 Å². The average Bonchev–Trinajstić information content (AvgIpc) is 2.52. The summed E-state index contributed by atoms with van der Waals surface area (Å²) >= 11 is 0. The number of rotatable bonds is 8. The molecule has 0 heterocycles. The van der Waals surface area contributed by atoms with Gasteiger partial charge in [0.1, 0.15) is 11.9 Å². The van der Waals surface area contributed by atoms with Crippen LogP contribution in [-0.4, -0.2) is 37.7 Å². The van der Waals surface area contributed by atoms with Gasteiger partial charge in [-0.2, -0.15) is 0 Å². The van der Waals surface area contributed by atoms with E-state index in [-0.39, 0.29) is 11.9 Å². The number of likely N-dealkylation sites (N-methyl/N-ethyl adjacent to an activating group) is 1. The molecule has 21 heavy (non-hydrogen) atoms. The van der Waals surface area contributed by atoms with Crippen LogP contribution in [0, 0.1) is 0 Å². The number of methoxy groups -OCH3 is 1. The van der Waals surface area contributed by atoms with Crippen molar-refractivity contribution in [3.63, 3.8) is 0 Å². The largest absolute Gasteiger partial charge is 0.497 e. The first-order valence-electron chi connectivity index (χ1n) is 7.14. The molecule has 1 rings (SSSR count). The van der Waals surface area contributed by atoms with E-state index in [2.05, 4.69) is 6.58 Å². The minimum absolute atomic E-state index is 0.0196. The van der Waals surface area contributed by atoms with Crippen molar-refractivity contribution >= 4 is 5.91 Å². The Balaban J connectivity index is 2.64. The Hall–Kier alpha value is -1.81. The van der Waals surface area contributed by atoms with Crippen LogP contribution in [0.25, 0.3) is 0 Å². The number of hydrogen-bond acceptors (Lipinski definition) is 3. The second-order valence-corrected chi connectivity index (χ2v) is 4.99. The zero-order valence-corrected chi connectivity index (χ0v) is 13.3. The summed E-state index contributed by atoms with van der Waals surface area (Å²) in [6.07, 6.45) is 2.08. The molecular formula is C17H25NO3. The first-order chi connectivity index (χ1) is 10.0. The highest BCUT2D eigenvalue weighted by atomic mass is 16.5. The predicted octanol–water partition coefficient (Wildman–Crippen LogP) is 3.20. The van der Waals surface area contributed by atoms with E-state index in [1.165, 1.54) is 0 Å². The van der Waals surface area contributed by atoms with Gasteiger partial charge in [-0.3, -0.25) is 4.79 Å². The van der Waals surface area contributed by atoms with Crippen molar-refractivity contribution in [3.05, 3.63) is 42.5 Å². The molecule has 2 unspecified atom stereocenters. The summed E-state index contributed by atoms with van der Waals surface area (Å²) in [4.78, 5) is 14.0. The lowest BCUT2D eigenvalue weighted by Gasteiger charge is -2.28. The third-order valence-electron chi connectivity index (χ3n) is 3.56. The molecule has 0 saturated carbocycles. The Morgan fingerprint density at radius 1 is 1.33 bits per heavy atom. The second-order valence-electron chi connectivity index (χ2n) is 4.99. The van der Waals surface area contributed by atoms with E-state index < -0.39 is 6.10 Å². The minimum atomic E-state index is -0.448. The summed E-state index contributed by atoms with van der Waals surface area (Å²) in [6, 6.07) is 7.71. The maximum atomic E-state index is 12.3. The molecule has 0 N–H and O–H groups in total.